The van der Waals surface area contributed by atoms with E-state index in [1.807, 2.05) is 30.0 Å². The third-order valence-corrected chi connectivity index (χ3v) is 7.64. The zero-order chi connectivity index (χ0) is 25.3. The molecule has 1 amide bonds. The van der Waals surface area contributed by atoms with E-state index >= 15 is 0 Å². The van der Waals surface area contributed by atoms with Crippen LogP contribution in [-0.4, -0.2) is 45.0 Å². The van der Waals surface area contributed by atoms with Gasteiger partial charge in [-0.2, -0.15) is 19.0 Å². The Bertz CT molecular complexity index is 1590. The standard InChI is InChI=1S/C27H24F2N6O2/c1-33-9-8-22(31-33)34-10-5-15(6-11-34)16-7-12-35-20(13-16)24-18-14-19(25(24)32-35)30-26(36)17-3-2-4-21(23(17)18)37-27(28)29/h2-5,7-9,12-13,18-19,27H,6,10-11,14H2,1H3,(H,30,36)/t18-,19-/m1/s1. The molecule has 0 saturated carbocycles. The molecule has 1 aromatic carbocycles. The lowest BCUT2D eigenvalue weighted by Crippen LogP contribution is -2.28. The van der Waals surface area contributed by atoms with Crippen LogP contribution in [-0.2, 0) is 7.05 Å². The Morgan fingerprint density at radius 2 is 2.03 bits per heavy atom. The number of alkyl halides is 2. The number of fused-ring (bicyclic) bond motifs is 9. The van der Waals surface area contributed by atoms with Gasteiger partial charge < -0.3 is 15.0 Å². The van der Waals surface area contributed by atoms with E-state index in [1.165, 1.54) is 11.6 Å². The molecule has 8 nitrogen and oxygen atoms in total. The molecule has 3 aliphatic rings. The van der Waals surface area contributed by atoms with Gasteiger partial charge in [0.05, 0.1) is 17.3 Å². The third kappa shape index (κ3) is 3.50. The van der Waals surface area contributed by atoms with Crippen LogP contribution in [0.1, 0.15) is 57.5 Å². The van der Waals surface area contributed by atoms with Gasteiger partial charge in [0.25, 0.3) is 5.91 Å². The van der Waals surface area contributed by atoms with Crippen molar-refractivity contribution < 1.29 is 18.3 Å². The molecule has 0 radical (unpaired) electrons. The van der Waals surface area contributed by atoms with E-state index in [9.17, 15) is 13.6 Å². The summed E-state index contributed by atoms with van der Waals surface area (Å²) in [6.45, 7) is -1.34. The number of anilines is 1. The zero-order valence-corrected chi connectivity index (χ0v) is 20.1. The van der Waals surface area contributed by atoms with Crippen molar-refractivity contribution in [2.75, 3.05) is 18.0 Å². The van der Waals surface area contributed by atoms with Crippen LogP contribution in [0, 0.1) is 0 Å². The Balaban J connectivity index is 1.29. The van der Waals surface area contributed by atoms with Crippen molar-refractivity contribution in [3.8, 4) is 5.75 Å². The fourth-order valence-electron chi connectivity index (χ4n) is 6.00. The molecule has 3 aromatic heterocycles. The van der Waals surface area contributed by atoms with Crippen molar-refractivity contribution >= 4 is 22.8 Å². The number of carbonyl (C=O) groups excluding carboxylic acids is 1. The van der Waals surface area contributed by atoms with Crippen molar-refractivity contribution in [1.82, 2.24) is 24.7 Å². The highest BCUT2D eigenvalue weighted by atomic mass is 19.3. The van der Waals surface area contributed by atoms with Crippen LogP contribution in [0.15, 0.2) is 54.9 Å². The first-order valence-corrected chi connectivity index (χ1v) is 12.3. The maximum Gasteiger partial charge on any atom is 0.387 e. The van der Waals surface area contributed by atoms with Crippen LogP contribution in [0.3, 0.4) is 0 Å². The monoisotopic (exact) mass is 502 g/mol. The molecular weight excluding hydrogens is 478 g/mol. The number of hydrogen-bond acceptors (Lipinski definition) is 5. The van der Waals surface area contributed by atoms with Gasteiger partial charge in [-0.25, -0.2) is 4.52 Å². The smallest absolute Gasteiger partial charge is 0.387 e. The number of halogens is 2. The number of ether oxygens (including phenoxy) is 1. The average molecular weight is 503 g/mol. The molecule has 4 aromatic rings. The van der Waals surface area contributed by atoms with E-state index in [0.29, 0.717) is 17.5 Å². The highest BCUT2D eigenvalue weighted by Crippen LogP contribution is 2.51. The Morgan fingerprint density at radius 1 is 1.14 bits per heavy atom. The van der Waals surface area contributed by atoms with E-state index in [0.717, 1.165) is 47.7 Å². The summed E-state index contributed by atoms with van der Waals surface area (Å²) in [5.74, 6) is 0.432. The minimum absolute atomic E-state index is 0.0428. The van der Waals surface area contributed by atoms with Gasteiger partial charge in [-0.3, -0.25) is 9.48 Å². The molecule has 2 aliphatic heterocycles. The molecule has 188 valence electrons. The number of aromatic nitrogens is 4. The molecule has 37 heavy (non-hydrogen) atoms. The van der Waals surface area contributed by atoms with Crippen LogP contribution in [0.5, 0.6) is 5.75 Å². The molecule has 0 unspecified atom stereocenters. The number of hydrogen-bond donors (Lipinski definition) is 1. The SMILES string of the molecule is Cn1ccc(N2CC=C(c3ccn4nc5c(c4c3)[C@@H]3C[C@H]5NC(=O)c4cccc(OC(F)F)c43)CC2)n1. The van der Waals surface area contributed by atoms with Gasteiger partial charge in [0.1, 0.15) is 5.75 Å². The van der Waals surface area contributed by atoms with Gasteiger partial charge in [-0.15, -0.1) is 0 Å². The predicted molar refractivity (Wildman–Crippen MR) is 133 cm³/mol. The van der Waals surface area contributed by atoms with Gasteiger partial charge >= 0.3 is 6.61 Å². The Labute approximate surface area is 211 Å². The maximum atomic E-state index is 13.3. The number of pyridine rings is 1. The van der Waals surface area contributed by atoms with E-state index in [1.54, 1.807) is 16.8 Å². The Morgan fingerprint density at radius 3 is 2.78 bits per heavy atom. The summed E-state index contributed by atoms with van der Waals surface area (Å²) >= 11 is 0. The van der Waals surface area contributed by atoms with E-state index in [-0.39, 0.29) is 23.6 Å². The highest BCUT2D eigenvalue weighted by Gasteiger charge is 2.43. The van der Waals surface area contributed by atoms with Crippen LogP contribution >= 0.6 is 0 Å². The summed E-state index contributed by atoms with van der Waals surface area (Å²) in [5, 5.41) is 12.3. The lowest BCUT2D eigenvalue weighted by Gasteiger charge is -2.26. The number of nitrogens with zero attached hydrogens (tertiary/aromatic N) is 5. The summed E-state index contributed by atoms with van der Waals surface area (Å²) < 4.78 is 35.0. The van der Waals surface area contributed by atoms with Crippen molar-refractivity contribution in [2.45, 2.75) is 31.4 Å². The first kappa shape index (κ1) is 22.0. The summed E-state index contributed by atoms with van der Waals surface area (Å²) in [6, 6.07) is 10.7. The van der Waals surface area contributed by atoms with Crippen LogP contribution < -0.4 is 15.0 Å². The summed E-state index contributed by atoms with van der Waals surface area (Å²) in [4.78, 5) is 15.2. The fourth-order valence-corrected chi connectivity index (χ4v) is 6.00. The van der Waals surface area contributed by atoms with Crippen molar-refractivity contribution in [2.24, 2.45) is 7.05 Å². The largest absolute Gasteiger partial charge is 0.434 e. The number of aryl methyl sites for hydroxylation is 1. The van der Waals surface area contributed by atoms with Crippen LogP contribution in [0.4, 0.5) is 14.6 Å². The summed E-state index contributed by atoms with van der Waals surface area (Å²) in [5.41, 5.74) is 5.90. The molecule has 0 spiro atoms. The maximum absolute atomic E-state index is 13.3. The lowest BCUT2D eigenvalue weighted by molar-refractivity contribution is -0.0505. The quantitative estimate of drug-likeness (QED) is 0.451. The zero-order valence-electron chi connectivity index (χ0n) is 20.1. The molecule has 5 heterocycles. The molecular formula is C27H24F2N6O2. The number of benzene rings is 1. The van der Waals surface area contributed by atoms with Crippen molar-refractivity contribution in [3.05, 3.63) is 82.8 Å². The third-order valence-electron chi connectivity index (χ3n) is 7.64. The topological polar surface area (TPSA) is 76.7 Å². The molecule has 0 saturated heterocycles. The number of amides is 1. The van der Waals surface area contributed by atoms with Gasteiger partial charge in [0.2, 0.25) is 0 Å². The van der Waals surface area contributed by atoms with Crippen molar-refractivity contribution in [3.63, 3.8) is 0 Å². The number of nitrogens with one attached hydrogen (secondary N) is 1. The van der Waals surface area contributed by atoms with Crippen LogP contribution in [0.25, 0.3) is 11.1 Å². The van der Waals surface area contributed by atoms with E-state index in [2.05, 4.69) is 33.5 Å². The van der Waals surface area contributed by atoms with Crippen LogP contribution in [0.2, 0.25) is 0 Å². The second-order valence-corrected chi connectivity index (χ2v) is 9.73. The number of carbonyl (C=O) groups is 1. The first-order chi connectivity index (χ1) is 18.0. The highest BCUT2D eigenvalue weighted by molar-refractivity contribution is 5.98. The Kier molecular flexibility index (Phi) is 4.85. The Hall–Kier alpha value is -4.21. The van der Waals surface area contributed by atoms with Crippen molar-refractivity contribution in [1.29, 1.82) is 0 Å². The molecule has 0 fully saturated rings. The van der Waals surface area contributed by atoms with Gasteiger partial charge in [0, 0.05) is 61.2 Å². The molecule has 1 N–H and O–H groups in total. The molecule has 1 aliphatic carbocycles. The molecule has 7 rings (SSSR count). The van der Waals surface area contributed by atoms with Gasteiger partial charge in [-0.05, 0) is 48.2 Å². The fraction of sp³-hybridized carbons (Fsp3) is 0.296. The van der Waals surface area contributed by atoms with E-state index < -0.39 is 6.61 Å². The lowest BCUT2D eigenvalue weighted by atomic mass is 9.88. The van der Waals surface area contributed by atoms with E-state index in [4.69, 9.17) is 9.84 Å². The summed E-state index contributed by atoms with van der Waals surface area (Å²) in [7, 11) is 1.91. The predicted octanol–water partition coefficient (Wildman–Crippen LogP) is 4.28. The minimum Gasteiger partial charge on any atom is -0.434 e. The second kappa shape index (κ2) is 8.16. The molecule has 2 bridgehead atoms. The second-order valence-electron chi connectivity index (χ2n) is 9.73. The average Bonchev–Trinajstić information content (AvgIpc) is 3.55. The molecule has 2 atom stereocenters. The normalized spacial score (nSPS) is 20.5. The molecule has 10 heteroatoms. The first-order valence-electron chi connectivity index (χ1n) is 12.3. The van der Waals surface area contributed by atoms with Gasteiger partial charge in [-0.1, -0.05) is 12.1 Å². The minimum atomic E-state index is -2.98. The number of rotatable bonds is 4. The summed E-state index contributed by atoms with van der Waals surface area (Å²) in [6.07, 6.45) is 7.54. The van der Waals surface area contributed by atoms with Gasteiger partial charge in [0.15, 0.2) is 5.82 Å².